The van der Waals surface area contributed by atoms with Crippen LogP contribution in [0.15, 0.2) is 0 Å². The molecule has 0 aliphatic heterocycles. The molecule has 1 aromatic heterocycles. The molecular weight excluding hydrogens is 203 g/mol. The molecule has 2 nitrogen and oxygen atoms in total. The zero-order valence-electron chi connectivity index (χ0n) is 9.71. The monoisotopic (exact) mass is 220 g/mol. The van der Waals surface area contributed by atoms with Gasteiger partial charge in [-0.05, 0) is 31.5 Å². The first-order chi connectivity index (χ1) is 6.92. The highest BCUT2D eigenvalue weighted by Gasteiger charge is 2.26. The molecule has 0 aromatic carbocycles. The number of rotatable bonds is 0. The Balaban J connectivity index is 2.57. The summed E-state index contributed by atoms with van der Waals surface area (Å²) in [6.07, 6.45) is 4.29. The van der Waals surface area contributed by atoms with E-state index in [1.807, 2.05) is 7.05 Å². The van der Waals surface area contributed by atoms with Crippen molar-refractivity contribution in [3.63, 3.8) is 0 Å². The van der Waals surface area contributed by atoms with Gasteiger partial charge in [-0.1, -0.05) is 18.7 Å². The minimum Gasteiger partial charge on any atom is -0.324 e. The van der Waals surface area contributed by atoms with Gasteiger partial charge in [0, 0.05) is 25.5 Å². The first-order valence-electron chi connectivity index (χ1n) is 5.45. The Labute approximate surface area is 97.7 Å². The van der Waals surface area contributed by atoms with E-state index in [0.29, 0.717) is 0 Å². The van der Waals surface area contributed by atoms with Gasteiger partial charge in [0.1, 0.15) is 0 Å². The van der Waals surface area contributed by atoms with Crippen molar-refractivity contribution in [2.45, 2.75) is 37.9 Å². The fraction of sp³-hybridized carbons (Fsp3) is 0.727. The van der Waals surface area contributed by atoms with E-state index in [0.717, 1.165) is 30.5 Å². The highest BCUT2D eigenvalue weighted by Crippen LogP contribution is 2.37. The van der Waals surface area contributed by atoms with Gasteiger partial charge in [0.15, 0.2) is 4.77 Å². The van der Waals surface area contributed by atoms with Gasteiger partial charge in [-0.3, -0.25) is 0 Å². The van der Waals surface area contributed by atoms with E-state index in [1.165, 1.54) is 11.4 Å². The molecule has 0 saturated carbocycles. The van der Waals surface area contributed by atoms with Crippen molar-refractivity contribution in [1.82, 2.24) is 9.13 Å². The molecule has 1 aliphatic carbocycles. The molecule has 1 unspecified atom stereocenters. The molecule has 1 aromatic rings. The van der Waals surface area contributed by atoms with Crippen molar-refractivity contribution in [2.24, 2.45) is 14.1 Å². The lowest BCUT2D eigenvalue weighted by molar-refractivity contribution is 0.536. The molecule has 0 bridgehead atoms. The van der Waals surface area contributed by atoms with Gasteiger partial charge in [0.25, 0.3) is 0 Å². The van der Waals surface area contributed by atoms with Crippen molar-refractivity contribution < 1.29 is 0 Å². The van der Waals surface area contributed by atoms with E-state index < -0.39 is 0 Å². The second-order valence-electron chi connectivity index (χ2n) is 4.98. The van der Waals surface area contributed by atoms with Gasteiger partial charge < -0.3 is 9.13 Å². The molecule has 0 saturated heterocycles. The number of aromatic nitrogens is 2. The Morgan fingerprint density at radius 1 is 1.27 bits per heavy atom. The first-order valence-corrected chi connectivity index (χ1v) is 5.85. The zero-order valence-corrected chi connectivity index (χ0v) is 10.5. The number of nitrogens with zero attached hydrogens (tertiary/aromatic N) is 2. The number of hydrogen-bond donors (Lipinski definition) is 0. The maximum atomic E-state index is 6.26. The Kier molecular flexibility index (Phi) is 2.57. The highest BCUT2D eigenvalue weighted by molar-refractivity contribution is 7.71. The zero-order chi connectivity index (χ0) is 11.2. The standard InChI is InChI=1S/C11H17BN2S/c1-11(12)6-4-5-8-9(7-11)14(3)10(15)13(8)2/h4-7H2,1-3H3. The third kappa shape index (κ3) is 1.80. The van der Waals surface area contributed by atoms with Crippen LogP contribution in [-0.2, 0) is 26.9 Å². The minimum absolute atomic E-state index is 0.0772. The summed E-state index contributed by atoms with van der Waals surface area (Å²) in [5.74, 6) is 0. The van der Waals surface area contributed by atoms with Crippen LogP contribution in [0.1, 0.15) is 31.2 Å². The van der Waals surface area contributed by atoms with E-state index in [1.54, 1.807) is 0 Å². The molecule has 1 heterocycles. The molecule has 0 N–H and O–H groups in total. The summed E-state index contributed by atoms with van der Waals surface area (Å²) >= 11 is 5.37. The van der Waals surface area contributed by atoms with Gasteiger partial charge in [-0.25, -0.2) is 0 Å². The first kappa shape index (κ1) is 11.0. The maximum absolute atomic E-state index is 6.26. The summed E-state index contributed by atoms with van der Waals surface area (Å²) in [4.78, 5) is 0. The molecular formula is C11H17BN2S. The third-order valence-corrected chi connectivity index (χ3v) is 4.00. The molecule has 0 fully saturated rings. The second kappa shape index (κ2) is 3.51. The molecule has 0 amide bonds. The summed E-state index contributed by atoms with van der Waals surface area (Å²) in [5.41, 5.74) is 2.70. The van der Waals surface area contributed by atoms with Gasteiger partial charge in [0.2, 0.25) is 0 Å². The predicted octanol–water partition coefficient (Wildman–Crippen LogP) is 2.32. The van der Waals surface area contributed by atoms with Crippen LogP contribution in [0.4, 0.5) is 0 Å². The van der Waals surface area contributed by atoms with Gasteiger partial charge in [-0.15, -0.1) is 0 Å². The third-order valence-electron chi connectivity index (χ3n) is 3.45. The molecule has 4 heteroatoms. The van der Waals surface area contributed by atoms with E-state index in [4.69, 9.17) is 20.1 Å². The summed E-state index contributed by atoms with van der Waals surface area (Å²) in [6.45, 7) is 2.14. The normalized spacial score (nSPS) is 26.1. The summed E-state index contributed by atoms with van der Waals surface area (Å²) in [5, 5.41) is -0.0772. The van der Waals surface area contributed by atoms with E-state index in [2.05, 4.69) is 23.1 Å². The Bertz CT molecular complexity index is 442. The number of hydrogen-bond acceptors (Lipinski definition) is 1. The summed E-state index contributed by atoms with van der Waals surface area (Å²) in [7, 11) is 10.4. The maximum Gasteiger partial charge on any atom is 0.179 e. The fourth-order valence-corrected chi connectivity index (χ4v) is 2.73. The lowest BCUT2D eigenvalue weighted by atomic mass is 9.65. The second-order valence-corrected chi connectivity index (χ2v) is 5.34. The van der Waals surface area contributed by atoms with Gasteiger partial charge in [-0.2, -0.15) is 0 Å². The predicted molar refractivity (Wildman–Crippen MR) is 66.0 cm³/mol. The van der Waals surface area contributed by atoms with Crippen molar-refractivity contribution >= 4 is 20.1 Å². The van der Waals surface area contributed by atoms with Crippen LogP contribution >= 0.6 is 12.2 Å². The molecule has 2 rings (SSSR count). The largest absolute Gasteiger partial charge is 0.324 e. The van der Waals surface area contributed by atoms with Crippen LogP contribution in [0.3, 0.4) is 0 Å². The molecule has 0 spiro atoms. The molecule has 80 valence electrons. The Morgan fingerprint density at radius 2 is 1.87 bits per heavy atom. The minimum atomic E-state index is -0.0772. The summed E-state index contributed by atoms with van der Waals surface area (Å²) in [6, 6.07) is 0. The fourth-order valence-electron chi connectivity index (χ4n) is 2.51. The van der Waals surface area contributed by atoms with Crippen LogP contribution in [0.5, 0.6) is 0 Å². The van der Waals surface area contributed by atoms with Gasteiger partial charge in [0.05, 0.1) is 7.85 Å². The average molecular weight is 220 g/mol. The average Bonchev–Trinajstić information content (AvgIpc) is 2.35. The molecule has 1 atom stereocenters. The summed E-state index contributed by atoms with van der Waals surface area (Å²) < 4.78 is 5.14. The quantitative estimate of drug-likeness (QED) is 0.370. The van der Waals surface area contributed by atoms with Crippen LogP contribution in [-0.4, -0.2) is 17.0 Å². The smallest absolute Gasteiger partial charge is 0.179 e. The Morgan fingerprint density at radius 3 is 2.53 bits per heavy atom. The van der Waals surface area contributed by atoms with Crippen LogP contribution < -0.4 is 0 Å². The SMILES string of the molecule is [B]C1(C)CCCc2c(n(C)c(=S)n2C)C1. The topological polar surface area (TPSA) is 9.86 Å². The highest BCUT2D eigenvalue weighted by atomic mass is 32.1. The van der Waals surface area contributed by atoms with Crippen molar-refractivity contribution in [2.75, 3.05) is 0 Å². The lowest BCUT2D eigenvalue weighted by Crippen LogP contribution is -2.12. The van der Waals surface area contributed by atoms with Crippen molar-refractivity contribution in [1.29, 1.82) is 0 Å². The Hall–Kier alpha value is -0.505. The van der Waals surface area contributed by atoms with Crippen LogP contribution in [0, 0.1) is 4.77 Å². The van der Waals surface area contributed by atoms with Crippen LogP contribution in [0.2, 0.25) is 5.31 Å². The number of fused-ring (bicyclic) bond motifs is 1. The van der Waals surface area contributed by atoms with Crippen molar-refractivity contribution in [3.8, 4) is 0 Å². The van der Waals surface area contributed by atoms with E-state index in [9.17, 15) is 0 Å². The van der Waals surface area contributed by atoms with Crippen molar-refractivity contribution in [3.05, 3.63) is 16.2 Å². The molecule has 1 aliphatic rings. The van der Waals surface area contributed by atoms with E-state index >= 15 is 0 Å². The van der Waals surface area contributed by atoms with E-state index in [-0.39, 0.29) is 5.31 Å². The number of imidazole rings is 1. The van der Waals surface area contributed by atoms with Crippen LogP contribution in [0.25, 0.3) is 0 Å². The lowest BCUT2D eigenvalue weighted by Gasteiger charge is -2.22. The van der Waals surface area contributed by atoms with Gasteiger partial charge >= 0.3 is 0 Å². The molecule has 2 radical (unpaired) electrons. The molecule has 15 heavy (non-hydrogen) atoms.